The second-order valence-electron chi connectivity index (χ2n) is 6.03. The van der Waals surface area contributed by atoms with Gasteiger partial charge < -0.3 is 14.7 Å². The van der Waals surface area contributed by atoms with Crippen molar-refractivity contribution in [3.63, 3.8) is 0 Å². The van der Waals surface area contributed by atoms with Crippen molar-refractivity contribution in [2.24, 2.45) is 0 Å². The van der Waals surface area contributed by atoms with E-state index >= 15 is 0 Å². The SMILES string of the molecule is CN(C(=O)C(C)(C)c1ccccc1)c1ccc(OCC(=O)O)cc1. The van der Waals surface area contributed by atoms with Crippen LogP contribution < -0.4 is 9.64 Å². The van der Waals surface area contributed by atoms with Crippen LogP contribution in [0.3, 0.4) is 0 Å². The van der Waals surface area contributed by atoms with E-state index in [9.17, 15) is 9.59 Å². The number of anilines is 1. The molecule has 0 aliphatic heterocycles. The van der Waals surface area contributed by atoms with Crippen LogP contribution in [0.25, 0.3) is 0 Å². The fraction of sp³-hybridized carbons (Fsp3) is 0.263. The normalized spacial score (nSPS) is 11.0. The second kappa shape index (κ2) is 7.17. The smallest absolute Gasteiger partial charge is 0.341 e. The molecule has 0 aliphatic carbocycles. The number of nitrogens with zero attached hydrogens (tertiary/aromatic N) is 1. The first-order valence-electron chi connectivity index (χ1n) is 7.60. The fourth-order valence-corrected chi connectivity index (χ4v) is 2.43. The molecule has 2 rings (SSSR count). The molecular weight excluding hydrogens is 306 g/mol. The Hall–Kier alpha value is -2.82. The molecule has 0 bridgehead atoms. The molecule has 0 fully saturated rings. The van der Waals surface area contributed by atoms with E-state index in [1.807, 2.05) is 44.2 Å². The van der Waals surface area contributed by atoms with E-state index in [1.54, 1.807) is 36.2 Å². The number of hydrogen-bond acceptors (Lipinski definition) is 3. The summed E-state index contributed by atoms with van der Waals surface area (Å²) < 4.78 is 5.10. The summed E-state index contributed by atoms with van der Waals surface area (Å²) >= 11 is 0. The minimum Gasteiger partial charge on any atom is -0.482 e. The molecule has 0 aliphatic rings. The van der Waals surface area contributed by atoms with Gasteiger partial charge in [-0.15, -0.1) is 0 Å². The van der Waals surface area contributed by atoms with Gasteiger partial charge in [0.05, 0.1) is 5.41 Å². The topological polar surface area (TPSA) is 66.8 Å². The number of carbonyl (C=O) groups excluding carboxylic acids is 1. The van der Waals surface area contributed by atoms with Crippen molar-refractivity contribution in [1.82, 2.24) is 0 Å². The maximum atomic E-state index is 12.9. The van der Waals surface area contributed by atoms with Crippen LogP contribution in [-0.4, -0.2) is 30.6 Å². The molecule has 2 aromatic rings. The molecule has 1 amide bonds. The minimum atomic E-state index is -1.03. The van der Waals surface area contributed by atoms with Crippen LogP contribution in [0.1, 0.15) is 19.4 Å². The number of amides is 1. The lowest BCUT2D eigenvalue weighted by Gasteiger charge is -2.30. The monoisotopic (exact) mass is 327 g/mol. The number of rotatable bonds is 6. The van der Waals surface area contributed by atoms with Crippen molar-refractivity contribution in [2.75, 3.05) is 18.6 Å². The van der Waals surface area contributed by atoms with E-state index in [-0.39, 0.29) is 5.91 Å². The summed E-state index contributed by atoms with van der Waals surface area (Å²) in [4.78, 5) is 25.0. The van der Waals surface area contributed by atoms with Gasteiger partial charge in [-0.25, -0.2) is 4.79 Å². The summed E-state index contributed by atoms with van der Waals surface area (Å²) in [6, 6.07) is 16.4. The summed E-state index contributed by atoms with van der Waals surface area (Å²) in [5.41, 5.74) is 1.00. The Morgan fingerprint density at radius 3 is 2.17 bits per heavy atom. The Morgan fingerprint density at radius 1 is 1.04 bits per heavy atom. The number of benzene rings is 2. The highest BCUT2D eigenvalue weighted by Gasteiger charge is 2.32. The van der Waals surface area contributed by atoms with E-state index < -0.39 is 18.0 Å². The molecule has 0 unspecified atom stereocenters. The lowest BCUT2D eigenvalue weighted by Crippen LogP contribution is -2.41. The maximum Gasteiger partial charge on any atom is 0.341 e. The van der Waals surface area contributed by atoms with Crippen LogP contribution in [0, 0.1) is 0 Å². The molecule has 1 N–H and O–H groups in total. The predicted molar refractivity (Wildman–Crippen MR) is 92.5 cm³/mol. The summed E-state index contributed by atoms with van der Waals surface area (Å²) in [5.74, 6) is -0.617. The van der Waals surface area contributed by atoms with Gasteiger partial charge in [-0.2, -0.15) is 0 Å². The lowest BCUT2D eigenvalue weighted by atomic mass is 9.83. The molecule has 0 spiro atoms. The first kappa shape index (κ1) is 17.5. The molecule has 0 radical (unpaired) electrons. The standard InChI is InChI=1S/C19H21NO4/c1-19(2,14-7-5-4-6-8-14)18(23)20(3)15-9-11-16(12-10-15)24-13-17(21)22/h4-12H,13H2,1-3H3,(H,21,22). The number of carboxylic acid groups (broad SMARTS) is 1. The third-order valence-electron chi connectivity index (χ3n) is 3.92. The van der Waals surface area contributed by atoms with E-state index in [0.717, 1.165) is 5.56 Å². The van der Waals surface area contributed by atoms with Crippen molar-refractivity contribution < 1.29 is 19.4 Å². The lowest BCUT2D eigenvalue weighted by molar-refractivity contribution is -0.139. The average Bonchev–Trinajstić information content (AvgIpc) is 2.59. The second-order valence-corrected chi connectivity index (χ2v) is 6.03. The molecule has 5 heteroatoms. The first-order chi connectivity index (χ1) is 11.3. The van der Waals surface area contributed by atoms with Crippen molar-refractivity contribution in [3.05, 3.63) is 60.2 Å². The summed E-state index contributed by atoms with van der Waals surface area (Å²) in [6.45, 7) is 3.40. The molecular formula is C19H21NO4. The van der Waals surface area contributed by atoms with Crippen LogP contribution in [-0.2, 0) is 15.0 Å². The Labute approximate surface area is 141 Å². The Balaban J connectivity index is 2.14. The van der Waals surface area contributed by atoms with Gasteiger partial charge in [0.25, 0.3) is 0 Å². The highest BCUT2D eigenvalue weighted by Crippen LogP contribution is 2.28. The van der Waals surface area contributed by atoms with Crippen molar-refractivity contribution in [3.8, 4) is 5.75 Å². The highest BCUT2D eigenvalue weighted by molar-refractivity contribution is 6.00. The van der Waals surface area contributed by atoms with Gasteiger partial charge in [-0.3, -0.25) is 4.79 Å². The van der Waals surface area contributed by atoms with Crippen molar-refractivity contribution >= 4 is 17.6 Å². The van der Waals surface area contributed by atoms with Gasteiger partial charge in [0.2, 0.25) is 5.91 Å². The zero-order chi connectivity index (χ0) is 17.7. The maximum absolute atomic E-state index is 12.9. The first-order valence-corrected chi connectivity index (χ1v) is 7.60. The van der Waals surface area contributed by atoms with Gasteiger partial charge in [0.1, 0.15) is 5.75 Å². The molecule has 0 saturated heterocycles. The van der Waals surface area contributed by atoms with Gasteiger partial charge in [0.15, 0.2) is 6.61 Å². The molecule has 5 nitrogen and oxygen atoms in total. The van der Waals surface area contributed by atoms with E-state index in [2.05, 4.69) is 0 Å². The molecule has 0 atom stereocenters. The van der Waals surface area contributed by atoms with E-state index in [0.29, 0.717) is 11.4 Å². The average molecular weight is 327 g/mol. The third kappa shape index (κ3) is 3.93. The van der Waals surface area contributed by atoms with Crippen LogP contribution in [0.2, 0.25) is 0 Å². The Kier molecular flexibility index (Phi) is 5.24. The molecule has 0 heterocycles. The Bertz CT molecular complexity index is 708. The quantitative estimate of drug-likeness (QED) is 0.885. The van der Waals surface area contributed by atoms with Gasteiger partial charge >= 0.3 is 5.97 Å². The minimum absolute atomic E-state index is 0.0343. The Morgan fingerprint density at radius 2 is 1.62 bits per heavy atom. The summed E-state index contributed by atoms with van der Waals surface area (Å²) in [7, 11) is 1.72. The van der Waals surface area contributed by atoms with Crippen molar-refractivity contribution in [1.29, 1.82) is 0 Å². The number of carboxylic acids is 1. The highest BCUT2D eigenvalue weighted by atomic mass is 16.5. The van der Waals surface area contributed by atoms with Crippen LogP contribution >= 0.6 is 0 Å². The van der Waals surface area contributed by atoms with Gasteiger partial charge in [-0.1, -0.05) is 30.3 Å². The number of likely N-dealkylation sites (N-methyl/N-ethyl adjacent to an activating group) is 1. The van der Waals surface area contributed by atoms with Gasteiger partial charge in [-0.05, 0) is 43.7 Å². The number of ether oxygens (including phenoxy) is 1. The van der Waals surface area contributed by atoms with E-state index in [4.69, 9.17) is 9.84 Å². The van der Waals surface area contributed by atoms with Crippen molar-refractivity contribution in [2.45, 2.75) is 19.3 Å². The van der Waals surface area contributed by atoms with Crippen LogP contribution in [0.15, 0.2) is 54.6 Å². The number of carbonyl (C=O) groups is 2. The zero-order valence-corrected chi connectivity index (χ0v) is 14.0. The number of aliphatic carboxylic acids is 1. The summed E-state index contributed by atoms with van der Waals surface area (Å²) in [6.07, 6.45) is 0. The largest absolute Gasteiger partial charge is 0.482 e. The fourth-order valence-electron chi connectivity index (χ4n) is 2.43. The predicted octanol–water partition coefficient (Wildman–Crippen LogP) is 3.09. The molecule has 0 saturated carbocycles. The molecule has 126 valence electrons. The van der Waals surface area contributed by atoms with E-state index in [1.165, 1.54) is 0 Å². The van der Waals surface area contributed by atoms with Gasteiger partial charge in [0, 0.05) is 12.7 Å². The van der Waals surface area contributed by atoms with Crippen LogP contribution in [0.4, 0.5) is 5.69 Å². The molecule has 24 heavy (non-hydrogen) atoms. The zero-order valence-electron chi connectivity index (χ0n) is 14.0. The third-order valence-corrected chi connectivity index (χ3v) is 3.92. The summed E-state index contributed by atoms with van der Waals surface area (Å²) in [5, 5.41) is 8.61. The van der Waals surface area contributed by atoms with Crippen LogP contribution in [0.5, 0.6) is 5.75 Å². The molecule has 2 aromatic carbocycles. The molecule has 0 aromatic heterocycles. The number of hydrogen-bond donors (Lipinski definition) is 1.